The largest absolute Gasteiger partial charge is 0.355 e. The predicted octanol–water partition coefficient (Wildman–Crippen LogP) is -0.748. The standard InChI is InChI=1S/C9H20N4O2S/c1-7(2)13-16(14,15)5-4-10-9-11-6-8(3)12-9/h7-8,13H,4-6H2,1-3H3,(H2,10,11,12). The maximum Gasteiger partial charge on any atom is 0.213 e. The van der Waals surface area contributed by atoms with Crippen LogP contribution >= 0.6 is 0 Å². The maximum atomic E-state index is 11.5. The molecule has 1 rings (SSSR count). The Morgan fingerprint density at radius 3 is 2.75 bits per heavy atom. The summed E-state index contributed by atoms with van der Waals surface area (Å²) in [6.45, 7) is 6.72. The van der Waals surface area contributed by atoms with E-state index in [1.165, 1.54) is 0 Å². The summed E-state index contributed by atoms with van der Waals surface area (Å²) in [5, 5.41) is 6.07. The van der Waals surface area contributed by atoms with Crippen molar-refractivity contribution in [2.45, 2.75) is 32.9 Å². The van der Waals surface area contributed by atoms with Crippen LogP contribution in [-0.2, 0) is 10.0 Å². The fourth-order valence-corrected chi connectivity index (χ4v) is 2.59. The van der Waals surface area contributed by atoms with Gasteiger partial charge in [0.25, 0.3) is 0 Å². The molecule has 1 unspecified atom stereocenters. The van der Waals surface area contributed by atoms with Crippen molar-refractivity contribution in [2.75, 3.05) is 18.8 Å². The molecule has 0 amide bonds. The van der Waals surface area contributed by atoms with E-state index >= 15 is 0 Å². The van der Waals surface area contributed by atoms with Crippen molar-refractivity contribution in [1.82, 2.24) is 15.4 Å². The molecule has 0 saturated heterocycles. The number of hydrogen-bond acceptors (Lipinski definition) is 5. The second-order valence-corrected chi connectivity index (χ2v) is 6.13. The first kappa shape index (κ1) is 13.2. The first-order valence-corrected chi connectivity index (χ1v) is 7.09. The van der Waals surface area contributed by atoms with E-state index in [0.29, 0.717) is 18.5 Å². The molecule has 3 N–H and O–H groups in total. The fourth-order valence-electron chi connectivity index (χ4n) is 1.38. The van der Waals surface area contributed by atoms with Gasteiger partial charge in [0.1, 0.15) is 0 Å². The van der Waals surface area contributed by atoms with Crippen LogP contribution in [0.15, 0.2) is 4.99 Å². The van der Waals surface area contributed by atoms with Crippen molar-refractivity contribution in [3.8, 4) is 0 Å². The van der Waals surface area contributed by atoms with E-state index in [1.807, 2.05) is 6.92 Å². The van der Waals surface area contributed by atoms with Crippen LogP contribution in [0.1, 0.15) is 20.8 Å². The zero-order valence-electron chi connectivity index (χ0n) is 9.95. The quantitative estimate of drug-likeness (QED) is 0.598. The van der Waals surface area contributed by atoms with E-state index < -0.39 is 10.0 Å². The lowest BCUT2D eigenvalue weighted by molar-refractivity contribution is 0.568. The molecule has 0 spiro atoms. The summed E-state index contributed by atoms with van der Waals surface area (Å²) in [6, 6.07) is 0.264. The topological polar surface area (TPSA) is 82.6 Å². The Bertz CT molecular complexity index is 351. The van der Waals surface area contributed by atoms with Crippen LogP contribution in [0, 0.1) is 0 Å². The molecule has 0 saturated carbocycles. The summed E-state index contributed by atoms with van der Waals surface area (Å²) < 4.78 is 25.5. The summed E-state index contributed by atoms with van der Waals surface area (Å²) in [7, 11) is -3.18. The zero-order chi connectivity index (χ0) is 12.2. The molecule has 0 aromatic rings. The minimum absolute atomic E-state index is 0.0558. The van der Waals surface area contributed by atoms with Gasteiger partial charge in [0.05, 0.1) is 12.3 Å². The second-order valence-electron chi connectivity index (χ2n) is 4.25. The molecule has 0 aliphatic carbocycles. The Balaban J connectivity index is 2.25. The Morgan fingerprint density at radius 2 is 2.25 bits per heavy atom. The summed E-state index contributed by atoms with van der Waals surface area (Å²) in [6.07, 6.45) is 0. The monoisotopic (exact) mass is 248 g/mol. The van der Waals surface area contributed by atoms with Gasteiger partial charge in [-0.3, -0.25) is 4.99 Å². The second kappa shape index (κ2) is 5.49. The number of sulfonamides is 1. The first-order valence-electron chi connectivity index (χ1n) is 5.44. The van der Waals surface area contributed by atoms with Gasteiger partial charge in [-0.1, -0.05) is 0 Å². The van der Waals surface area contributed by atoms with E-state index in [2.05, 4.69) is 20.3 Å². The van der Waals surface area contributed by atoms with E-state index in [1.54, 1.807) is 13.8 Å². The van der Waals surface area contributed by atoms with Crippen LogP contribution in [0.3, 0.4) is 0 Å². The molecule has 0 radical (unpaired) electrons. The molecule has 1 aliphatic heterocycles. The van der Waals surface area contributed by atoms with E-state index in [-0.39, 0.29) is 11.8 Å². The summed E-state index contributed by atoms with van der Waals surface area (Å²) in [5.41, 5.74) is 0. The van der Waals surface area contributed by atoms with Crippen molar-refractivity contribution in [3.63, 3.8) is 0 Å². The normalized spacial score (nSPS) is 20.8. The lowest BCUT2D eigenvalue weighted by Gasteiger charge is -2.11. The SMILES string of the molecule is CC(C)NS(=O)(=O)CCNC1=NCC(C)N1. The van der Waals surface area contributed by atoms with Gasteiger partial charge in [0.15, 0.2) is 5.96 Å². The van der Waals surface area contributed by atoms with Crippen LogP contribution in [0.25, 0.3) is 0 Å². The van der Waals surface area contributed by atoms with E-state index in [9.17, 15) is 8.42 Å². The summed E-state index contributed by atoms with van der Waals surface area (Å²) in [4.78, 5) is 4.18. The lowest BCUT2D eigenvalue weighted by atomic mass is 10.4. The number of nitrogens with zero attached hydrogens (tertiary/aromatic N) is 1. The van der Waals surface area contributed by atoms with Gasteiger partial charge in [0.2, 0.25) is 10.0 Å². The minimum Gasteiger partial charge on any atom is -0.355 e. The predicted molar refractivity (Wildman–Crippen MR) is 65.0 cm³/mol. The Labute approximate surface area is 97.0 Å². The molecule has 1 aliphatic rings. The van der Waals surface area contributed by atoms with Gasteiger partial charge in [0, 0.05) is 18.6 Å². The lowest BCUT2D eigenvalue weighted by Crippen LogP contribution is -2.41. The van der Waals surface area contributed by atoms with Gasteiger partial charge in [-0.2, -0.15) is 0 Å². The number of aliphatic imine (C=N–C) groups is 1. The number of guanidine groups is 1. The van der Waals surface area contributed by atoms with Gasteiger partial charge >= 0.3 is 0 Å². The highest BCUT2D eigenvalue weighted by atomic mass is 32.2. The van der Waals surface area contributed by atoms with E-state index in [4.69, 9.17) is 0 Å². The molecule has 16 heavy (non-hydrogen) atoms. The molecule has 0 aromatic heterocycles. The molecule has 1 atom stereocenters. The number of rotatable bonds is 5. The average molecular weight is 248 g/mol. The molecule has 0 bridgehead atoms. The molecule has 0 aromatic carbocycles. The maximum absolute atomic E-state index is 11.5. The third kappa shape index (κ3) is 4.80. The molecule has 7 heteroatoms. The van der Waals surface area contributed by atoms with Crippen LogP contribution in [0.4, 0.5) is 0 Å². The molecular formula is C9H20N4O2S. The van der Waals surface area contributed by atoms with E-state index in [0.717, 1.165) is 6.54 Å². The molecular weight excluding hydrogens is 228 g/mol. The van der Waals surface area contributed by atoms with Crippen LogP contribution in [-0.4, -0.2) is 45.3 Å². The van der Waals surface area contributed by atoms with Gasteiger partial charge in [-0.15, -0.1) is 0 Å². The highest BCUT2D eigenvalue weighted by Crippen LogP contribution is 1.92. The van der Waals surface area contributed by atoms with Crippen LogP contribution in [0.2, 0.25) is 0 Å². The fraction of sp³-hybridized carbons (Fsp3) is 0.889. The van der Waals surface area contributed by atoms with Crippen molar-refractivity contribution in [1.29, 1.82) is 0 Å². The molecule has 0 fully saturated rings. The van der Waals surface area contributed by atoms with Crippen LogP contribution < -0.4 is 15.4 Å². The zero-order valence-corrected chi connectivity index (χ0v) is 10.8. The molecule has 1 heterocycles. The number of hydrogen-bond donors (Lipinski definition) is 3. The van der Waals surface area contributed by atoms with Crippen molar-refractivity contribution in [2.24, 2.45) is 4.99 Å². The highest BCUT2D eigenvalue weighted by Gasteiger charge is 2.14. The smallest absolute Gasteiger partial charge is 0.213 e. The van der Waals surface area contributed by atoms with Gasteiger partial charge < -0.3 is 10.6 Å². The van der Waals surface area contributed by atoms with Crippen molar-refractivity contribution < 1.29 is 8.42 Å². The average Bonchev–Trinajstić information content (AvgIpc) is 2.48. The van der Waals surface area contributed by atoms with Gasteiger partial charge in [-0.05, 0) is 20.8 Å². The van der Waals surface area contributed by atoms with Crippen LogP contribution in [0.5, 0.6) is 0 Å². The third-order valence-electron chi connectivity index (χ3n) is 1.98. The Kier molecular flexibility index (Phi) is 4.55. The van der Waals surface area contributed by atoms with Gasteiger partial charge in [-0.25, -0.2) is 13.1 Å². The Morgan fingerprint density at radius 1 is 1.56 bits per heavy atom. The summed E-state index contributed by atoms with van der Waals surface area (Å²) >= 11 is 0. The minimum atomic E-state index is -3.18. The molecule has 6 nitrogen and oxygen atoms in total. The highest BCUT2D eigenvalue weighted by molar-refractivity contribution is 7.89. The Hall–Kier alpha value is -0.820. The van der Waals surface area contributed by atoms with Crippen molar-refractivity contribution >= 4 is 16.0 Å². The molecule has 94 valence electrons. The first-order chi connectivity index (χ1) is 7.39. The third-order valence-corrected chi connectivity index (χ3v) is 3.56. The van der Waals surface area contributed by atoms with Crippen molar-refractivity contribution in [3.05, 3.63) is 0 Å². The summed E-state index contributed by atoms with van der Waals surface area (Å²) in [5.74, 6) is 0.743. The number of nitrogens with one attached hydrogen (secondary N) is 3.